The molecule has 4 rings (SSSR count). The lowest BCUT2D eigenvalue weighted by atomic mass is 10.0. The zero-order valence-electron chi connectivity index (χ0n) is 20.1. The van der Waals surface area contributed by atoms with Crippen molar-refractivity contribution in [3.63, 3.8) is 0 Å². The third-order valence-corrected chi connectivity index (χ3v) is 7.63. The molecule has 0 fully saturated rings. The maximum absolute atomic E-state index is 13.1. The lowest BCUT2D eigenvalue weighted by Crippen LogP contribution is -2.44. The Morgan fingerprint density at radius 2 is 1.57 bits per heavy atom. The molecule has 37 heavy (non-hydrogen) atoms. The summed E-state index contributed by atoms with van der Waals surface area (Å²) < 4.78 is 28.7. The minimum Gasteiger partial charge on any atom is -0.480 e. The van der Waals surface area contributed by atoms with Crippen LogP contribution in [0, 0.1) is 5.92 Å². The van der Waals surface area contributed by atoms with Crippen molar-refractivity contribution >= 4 is 50.0 Å². The molecule has 190 valence electrons. The zero-order valence-corrected chi connectivity index (χ0v) is 21.7. The van der Waals surface area contributed by atoms with Gasteiger partial charge in [-0.05, 0) is 64.9 Å². The molecule has 0 saturated carbocycles. The number of carboxylic acid groups (broad SMARTS) is 1. The van der Waals surface area contributed by atoms with Gasteiger partial charge < -0.3 is 10.4 Å². The van der Waals surface area contributed by atoms with Gasteiger partial charge in [0.2, 0.25) is 0 Å². The van der Waals surface area contributed by atoms with Crippen molar-refractivity contribution in [2.24, 2.45) is 5.92 Å². The zero-order chi connectivity index (χ0) is 26.7. The lowest BCUT2D eigenvalue weighted by Gasteiger charge is -2.18. The van der Waals surface area contributed by atoms with E-state index in [2.05, 4.69) is 10.0 Å². The van der Waals surface area contributed by atoms with E-state index >= 15 is 0 Å². The van der Waals surface area contributed by atoms with Crippen LogP contribution in [0.1, 0.15) is 24.2 Å². The summed E-state index contributed by atoms with van der Waals surface area (Å²) in [5.74, 6) is -1.84. The number of amides is 1. The number of carboxylic acids is 1. The molecule has 4 aromatic carbocycles. The molecule has 0 spiro atoms. The quantitative estimate of drug-likeness (QED) is 0.263. The predicted molar refractivity (Wildman–Crippen MR) is 145 cm³/mol. The van der Waals surface area contributed by atoms with Gasteiger partial charge in [-0.25, -0.2) is 13.2 Å². The maximum atomic E-state index is 13.1. The Kier molecular flexibility index (Phi) is 7.52. The highest BCUT2D eigenvalue weighted by molar-refractivity contribution is 7.92. The number of sulfonamides is 1. The van der Waals surface area contributed by atoms with Crippen LogP contribution in [0.15, 0.2) is 89.8 Å². The highest BCUT2D eigenvalue weighted by atomic mass is 35.5. The molecule has 0 radical (unpaired) electrons. The fourth-order valence-corrected chi connectivity index (χ4v) is 5.25. The molecular formula is C28H25ClN2O5S. The first kappa shape index (κ1) is 26.2. The van der Waals surface area contributed by atoms with Crippen LogP contribution < -0.4 is 10.0 Å². The summed E-state index contributed by atoms with van der Waals surface area (Å²) in [7, 11) is -3.85. The molecular weight excluding hydrogens is 512 g/mol. The Hall–Kier alpha value is -3.88. The molecule has 3 N–H and O–H groups in total. The van der Waals surface area contributed by atoms with Crippen molar-refractivity contribution in [2.75, 3.05) is 4.72 Å². The molecule has 7 nitrogen and oxygen atoms in total. The van der Waals surface area contributed by atoms with Gasteiger partial charge in [-0.1, -0.05) is 67.9 Å². The molecule has 4 aromatic rings. The molecule has 1 amide bonds. The molecule has 0 aliphatic rings. The number of fused-ring (bicyclic) bond motifs is 1. The van der Waals surface area contributed by atoms with Crippen LogP contribution in [-0.4, -0.2) is 31.4 Å². The number of halogens is 1. The van der Waals surface area contributed by atoms with Crippen LogP contribution in [0.3, 0.4) is 0 Å². The lowest BCUT2D eigenvalue weighted by molar-refractivity contribution is -0.140. The topological polar surface area (TPSA) is 113 Å². The van der Waals surface area contributed by atoms with Gasteiger partial charge in [0, 0.05) is 21.7 Å². The monoisotopic (exact) mass is 536 g/mol. The van der Waals surface area contributed by atoms with Gasteiger partial charge in [-0.15, -0.1) is 0 Å². The predicted octanol–water partition coefficient (Wildman–Crippen LogP) is 5.80. The summed E-state index contributed by atoms with van der Waals surface area (Å²) in [4.78, 5) is 24.0. The number of rotatable bonds is 8. The number of nitrogens with one attached hydrogen (secondary N) is 2. The van der Waals surface area contributed by atoms with E-state index in [1.165, 1.54) is 6.07 Å². The van der Waals surface area contributed by atoms with Crippen LogP contribution in [0.5, 0.6) is 0 Å². The van der Waals surface area contributed by atoms with Crippen molar-refractivity contribution in [3.05, 3.63) is 95.5 Å². The average Bonchev–Trinajstić information content (AvgIpc) is 2.86. The molecule has 0 aromatic heterocycles. The van der Waals surface area contributed by atoms with E-state index in [-0.39, 0.29) is 10.8 Å². The second kappa shape index (κ2) is 10.6. The number of aliphatic carboxylic acids is 1. The van der Waals surface area contributed by atoms with Crippen molar-refractivity contribution in [3.8, 4) is 11.1 Å². The fourth-order valence-electron chi connectivity index (χ4n) is 3.92. The minimum atomic E-state index is -3.85. The molecule has 0 saturated heterocycles. The summed E-state index contributed by atoms with van der Waals surface area (Å²) >= 11 is 6.19. The average molecular weight is 537 g/mol. The van der Waals surface area contributed by atoms with Gasteiger partial charge in [0.05, 0.1) is 4.90 Å². The Bertz CT molecular complexity index is 1580. The van der Waals surface area contributed by atoms with Gasteiger partial charge in [0.25, 0.3) is 15.9 Å². The number of hydrogen-bond acceptors (Lipinski definition) is 4. The van der Waals surface area contributed by atoms with Crippen LogP contribution in [-0.2, 0) is 14.8 Å². The third kappa shape index (κ3) is 5.93. The van der Waals surface area contributed by atoms with Crippen molar-refractivity contribution in [1.29, 1.82) is 0 Å². The fraction of sp³-hybridized carbons (Fsp3) is 0.143. The summed E-state index contributed by atoms with van der Waals surface area (Å²) in [5.41, 5.74) is 2.20. The first-order valence-electron chi connectivity index (χ1n) is 11.5. The molecule has 0 bridgehead atoms. The first-order chi connectivity index (χ1) is 17.5. The number of carbonyl (C=O) groups excluding carboxylic acids is 1. The van der Waals surface area contributed by atoms with E-state index in [4.69, 9.17) is 11.6 Å². The van der Waals surface area contributed by atoms with Crippen molar-refractivity contribution in [1.82, 2.24) is 5.32 Å². The standard InChI is InChI=1S/C28H25ClN2O5S/c1-17(2)26(28(33)34)30-27(32)19-11-9-18(10-12-19)20-5-3-7-22(15-20)31-37(35,36)23-13-14-24-21(16-23)6-4-8-25(24)29/h3-17,26,31H,1-2H3,(H,30,32)(H,33,34). The van der Waals surface area contributed by atoms with E-state index in [1.807, 2.05) is 6.07 Å². The Balaban J connectivity index is 1.53. The van der Waals surface area contributed by atoms with Gasteiger partial charge in [0.1, 0.15) is 6.04 Å². The van der Waals surface area contributed by atoms with Crippen molar-refractivity contribution in [2.45, 2.75) is 24.8 Å². The molecule has 1 atom stereocenters. The molecule has 9 heteroatoms. The molecule has 0 heterocycles. The van der Waals surface area contributed by atoms with Crippen LogP contribution in [0.25, 0.3) is 21.9 Å². The largest absolute Gasteiger partial charge is 0.480 e. The maximum Gasteiger partial charge on any atom is 0.326 e. The Morgan fingerprint density at radius 1 is 0.865 bits per heavy atom. The second-order valence-electron chi connectivity index (χ2n) is 8.92. The normalized spacial score (nSPS) is 12.3. The van der Waals surface area contributed by atoms with Crippen LogP contribution in [0.2, 0.25) is 5.02 Å². The van der Waals surface area contributed by atoms with Gasteiger partial charge in [-0.3, -0.25) is 9.52 Å². The van der Waals surface area contributed by atoms with E-state index in [9.17, 15) is 23.1 Å². The number of hydrogen-bond donors (Lipinski definition) is 3. The molecule has 0 aliphatic heterocycles. The summed E-state index contributed by atoms with van der Waals surface area (Å²) in [6, 6.07) is 22.6. The second-order valence-corrected chi connectivity index (χ2v) is 11.0. The molecule has 1 unspecified atom stereocenters. The molecule has 0 aliphatic carbocycles. The first-order valence-corrected chi connectivity index (χ1v) is 13.4. The van der Waals surface area contributed by atoms with Gasteiger partial charge in [-0.2, -0.15) is 0 Å². The third-order valence-electron chi connectivity index (χ3n) is 5.92. The highest BCUT2D eigenvalue weighted by Crippen LogP contribution is 2.28. The smallest absolute Gasteiger partial charge is 0.326 e. The highest BCUT2D eigenvalue weighted by Gasteiger charge is 2.24. The summed E-state index contributed by atoms with van der Waals surface area (Å²) in [6.07, 6.45) is 0. The summed E-state index contributed by atoms with van der Waals surface area (Å²) in [6.45, 7) is 3.44. The van der Waals surface area contributed by atoms with Gasteiger partial charge >= 0.3 is 5.97 Å². The van der Waals surface area contributed by atoms with Gasteiger partial charge in [0.15, 0.2) is 0 Å². The van der Waals surface area contributed by atoms with E-state index in [1.54, 1.807) is 86.6 Å². The number of carbonyl (C=O) groups is 2. The summed E-state index contributed by atoms with van der Waals surface area (Å²) in [5, 5.41) is 13.9. The number of anilines is 1. The van der Waals surface area contributed by atoms with E-state index in [0.717, 1.165) is 21.9 Å². The Labute approximate surface area is 220 Å². The van der Waals surface area contributed by atoms with E-state index < -0.39 is 27.9 Å². The number of benzene rings is 4. The van der Waals surface area contributed by atoms with Crippen molar-refractivity contribution < 1.29 is 23.1 Å². The Morgan fingerprint density at radius 3 is 2.24 bits per heavy atom. The minimum absolute atomic E-state index is 0.115. The SMILES string of the molecule is CC(C)C(NC(=O)c1ccc(-c2cccc(NS(=O)(=O)c3ccc4c(Cl)cccc4c3)c2)cc1)C(=O)O. The van der Waals surface area contributed by atoms with E-state index in [0.29, 0.717) is 16.3 Å². The van der Waals surface area contributed by atoms with Crippen LogP contribution >= 0.6 is 11.6 Å². The van der Waals surface area contributed by atoms with Crippen LogP contribution in [0.4, 0.5) is 5.69 Å².